The summed E-state index contributed by atoms with van der Waals surface area (Å²) in [4.78, 5) is 3.84. The molecule has 1 aliphatic rings. The van der Waals surface area contributed by atoms with Crippen molar-refractivity contribution in [2.75, 3.05) is 0 Å². The van der Waals surface area contributed by atoms with Crippen LogP contribution in [0.1, 0.15) is 12.8 Å². The Balaban J connectivity index is 2.83. The Hall–Kier alpha value is -0.600. The fourth-order valence-electron chi connectivity index (χ4n) is 0.803. The molecule has 0 saturated heterocycles. The van der Waals surface area contributed by atoms with Crippen LogP contribution < -0.4 is 0 Å². The Bertz CT molecular complexity index is 303. The minimum Gasteiger partial charge on any atom is -0.229 e. The van der Waals surface area contributed by atoms with Crippen LogP contribution in [0, 0.1) is 0 Å². The van der Waals surface area contributed by atoms with Gasteiger partial charge in [0.25, 0.3) is 0 Å². The maximum absolute atomic E-state index is 12.8. The number of halogens is 3. The molecule has 4 heteroatoms. The Labute approximate surface area is 86.3 Å². The molecule has 1 heterocycles. The normalized spacial score (nSPS) is 33.3. The standard InChI is InChI=1S/C9H8Cl2FN/c10-8-4-2-1-3-7(12)5-6-9(11)13-8/h1,3-5H,2,6H2/b3-1-,7-5+,8-4-,13-9+. The third-order valence-electron chi connectivity index (χ3n) is 1.39. The largest absolute Gasteiger partial charge is 0.229 e. The summed E-state index contributed by atoms with van der Waals surface area (Å²) in [6.45, 7) is 0. The Morgan fingerprint density at radius 3 is 2.85 bits per heavy atom. The lowest BCUT2D eigenvalue weighted by Gasteiger charge is -1.95. The van der Waals surface area contributed by atoms with Crippen molar-refractivity contribution in [3.63, 3.8) is 0 Å². The molecular weight excluding hydrogens is 212 g/mol. The van der Waals surface area contributed by atoms with E-state index in [4.69, 9.17) is 23.2 Å². The molecule has 1 rings (SSSR count). The van der Waals surface area contributed by atoms with Gasteiger partial charge in [-0.15, -0.1) is 0 Å². The minimum absolute atomic E-state index is 0.266. The fourth-order valence-corrected chi connectivity index (χ4v) is 1.21. The number of allylic oxidation sites excluding steroid dienone is 5. The number of hydrogen-bond donors (Lipinski definition) is 0. The molecular formula is C9H8Cl2FN. The van der Waals surface area contributed by atoms with E-state index < -0.39 is 0 Å². The first-order chi connectivity index (χ1) is 6.18. The van der Waals surface area contributed by atoms with Crippen LogP contribution in [-0.2, 0) is 0 Å². The van der Waals surface area contributed by atoms with Crippen LogP contribution in [0.25, 0.3) is 0 Å². The highest BCUT2D eigenvalue weighted by Crippen LogP contribution is 2.12. The zero-order chi connectivity index (χ0) is 9.68. The molecule has 0 aromatic heterocycles. The molecule has 0 aliphatic carbocycles. The van der Waals surface area contributed by atoms with Gasteiger partial charge in [0.15, 0.2) is 0 Å². The molecule has 1 nitrogen and oxygen atoms in total. The highest BCUT2D eigenvalue weighted by Gasteiger charge is 1.97. The molecule has 0 aromatic carbocycles. The van der Waals surface area contributed by atoms with E-state index in [9.17, 15) is 4.39 Å². The molecule has 0 radical (unpaired) electrons. The zero-order valence-corrected chi connectivity index (χ0v) is 8.32. The van der Waals surface area contributed by atoms with Gasteiger partial charge in [-0.25, -0.2) is 9.38 Å². The van der Waals surface area contributed by atoms with Crippen LogP contribution in [-0.4, -0.2) is 5.17 Å². The second kappa shape index (κ2) is 5.20. The fraction of sp³-hybridized carbons (Fsp3) is 0.222. The summed E-state index contributed by atoms with van der Waals surface area (Å²) >= 11 is 11.4. The predicted octanol–water partition coefficient (Wildman–Crippen LogP) is 3.91. The van der Waals surface area contributed by atoms with E-state index in [2.05, 4.69) is 4.99 Å². The van der Waals surface area contributed by atoms with Gasteiger partial charge in [-0.2, -0.15) is 0 Å². The summed E-state index contributed by atoms with van der Waals surface area (Å²) in [6, 6.07) is 0. The molecule has 70 valence electrons. The SMILES string of the molecule is FC1=C/C/C(Cl)=N\C(Cl)=C/C/C=C\1. The maximum atomic E-state index is 12.8. The average Bonchev–Trinajstić information content (AvgIpc) is 2.08. The first kappa shape index (κ1) is 10.5. The van der Waals surface area contributed by atoms with Crippen LogP contribution in [0.2, 0.25) is 0 Å². The number of nitrogens with zero attached hydrogens (tertiary/aromatic N) is 1. The Morgan fingerprint density at radius 2 is 2.08 bits per heavy atom. The molecule has 0 bridgehead atoms. The number of aliphatic imine (C=N–C) groups is 1. The molecule has 0 spiro atoms. The molecule has 1 aliphatic heterocycles. The smallest absolute Gasteiger partial charge is 0.126 e. The molecule has 0 saturated carbocycles. The summed E-state index contributed by atoms with van der Waals surface area (Å²) in [6.07, 6.45) is 6.89. The van der Waals surface area contributed by atoms with E-state index in [0.717, 1.165) is 0 Å². The van der Waals surface area contributed by atoms with E-state index in [-0.39, 0.29) is 17.4 Å². The second-order valence-electron chi connectivity index (χ2n) is 2.45. The summed E-state index contributed by atoms with van der Waals surface area (Å²) in [7, 11) is 0. The van der Waals surface area contributed by atoms with Gasteiger partial charge in [-0.3, -0.25) is 0 Å². The van der Waals surface area contributed by atoms with Crippen molar-refractivity contribution in [3.8, 4) is 0 Å². The van der Waals surface area contributed by atoms with Crippen molar-refractivity contribution in [1.82, 2.24) is 0 Å². The van der Waals surface area contributed by atoms with Crippen LogP contribution >= 0.6 is 23.2 Å². The van der Waals surface area contributed by atoms with Crippen molar-refractivity contribution in [3.05, 3.63) is 35.3 Å². The van der Waals surface area contributed by atoms with Crippen molar-refractivity contribution in [2.45, 2.75) is 12.8 Å². The van der Waals surface area contributed by atoms with Gasteiger partial charge in [0.2, 0.25) is 0 Å². The third kappa shape index (κ3) is 4.25. The molecule has 0 N–H and O–H groups in total. The van der Waals surface area contributed by atoms with Crippen LogP contribution in [0.3, 0.4) is 0 Å². The zero-order valence-electron chi connectivity index (χ0n) is 6.80. The van der Waals surface area contributed by atoms with E-state index >= 15 is 0 Å². The maximum Gasteiger partial charge on any atom is 0.126 e. The van der Waals surface area contributed by atoms with E-state index in [1.54, 1.807) is 12.2 Å². The highest BCUT2D eigenvalue weighted by molar-refractivity contribution is 6.66. The second-order valence-corrected chi connectivity index (χ2v) is 3.27. The Morgan fingerprint density at radius 1 is 1.31 bits per heavy atom. The molecule has 0 fully saturated rings. The van der Waals surface area contributed by atoms with E-state index in [0.29, 0.717) is 11.6 Å². The van der Waals surface area contributed by atoms with Crippen LogP contribution in [0.15, 0.2) is 40.3 Å². The minimum atomic E-state index is -0.306. The quantitative estimate of drug-likeness (QED) is 0.549. The third-order valence-corrected chi connectivity index (χ3v) is 1.87. The van der Waals surface area contributed by atoms with Crippen molar-refractivity contribution >= 4 is 28.4 Å². The molecule has 0 amide bonds. The van der Waals surface area contributed by atoms with Gasteiger partial charge in [-0.1, -0.05) is 29.3 Å². The first-order valence-electron chi connectivity index (χ1n) is 3.79. The van der Waals surface area contributed by atoms with Gasteiger partial charge < -0.3 is 0 Å². The monoisotopic (exact) mass is 219 g/mol. The number of rotatable bonds is 0. The topological polar surface area (TPSA) is 12.4 Å². The average molecular weight is 220 g/mol. The molecule has 0 atom stereocenters. The van der Waals surface area contributed by atoms with Crippen LogP contribution in [0.4, 0.5) is 4.39 Å². The van der Waals surface area contributed by atoms with Gasteiger partial charge in [0, 0.05) is 6.42 Å². The summed E-state index contributed by atoms with van der Waals surface area (Å²) in [5.41, 5.74) is 0. The highest BCUT2D eigenvalue weighted by atomic mass is 35.5. The van der Waals surface area contributed by atoms with Gasteiger partial charge in [0.1, 0.15) is 16.2 Å². The van der Waals surface area contributed by atoms with Crippen molar-refractivity contribution in [2.24, 2.45) is 4.99 Å². The van der Waals surface area contributed by atoms with Gasteiger partial charge in [-0.05, 0) is 24.6 Å². The summed E-state index contributed by atoms with van der Waals surface area (Å²) in [5, 5.41) is 0.622. The first-order valence-corrected chi connectivity index (χ1v) is 4.55. The predicted molar refractivity (Wildman–Crippen MR) is 54.8 cm³/mol. The van der Waals surface area contributed by atoms with Gasteiger partial charge >= 0.3 is 0 Å². The lowest BCUT2D eigenvalue weighted by molar-refractivity contribution is 0.663. The Kier molecular flexibility index (Phi) is 4.19. The lowest BCUT2D eigenvalue weighted by atomic mass is 10.3. The summed E-state index contributed by atoms with van der Waals surface area (Å²) < 4.78 is 12.8. The van der Waals surface area contributed by atoms with Gasteiger partial charge in [0.05, 0.1) is 0 Å². The number of hydrogen-bond acceptors (Lipinski definition) is 1. The van der Waals surface area contributed by atoms with Crippen LogP contribution in [0.5, 0.6) is 0 Å². The molecule has 13 heavy (non-hydrogen) atoms. The lowest BCUT2D eigenvalue weighted by Crippen LogP contribution is -1.86. The molecule has 0 aromatic rings. The van der Waals surface area contributed by atoms with E-state index in [1.807, 2.05) is 0 Å². The molecule has 0 unspecified atom stereocenters. The summed E-state index contributed by atoms with van der Waals surface area (Å²) in [5.74, 6) is -0.306. The van der Waals surface area contributed by atoms with E-state index in [1.165, 1.54) is 12.2 Å². The van der Waals surface area contributed by atoms with Crippen molar-refractivity contribution < 1.29 is 4.39 Å². The van der Waals surface area contributed by atoms with Crippen molar-refractivity contribution in [1.29, 1.82) is 0 Å².